The molecule has 1 aliphatic carbocycles. The van der Waals surface area contributed by atoms with Gasteiger partial charge in [0.1, 0.15) is 6.61 Å². The van der Waals surface area contributed by atoms with E-state index in [2.05, 4.69) is 41.6 Å². The monoisotopic (exact) mass is 401 g/mol. The van der Waals surface area contributed by atoms with Gasteiger partial charge in [-0.05, 0) is 35.6 Å². The number of alkyl carbamates (subject to hydrolysis) is 1. The molecule has 0 saturated carbocycles. The molecule has 0 unspecified atom stereocenters. The molecule has 3 aromatic rings. The van der Waals surface area contributed by atoms with E-state index < -0.39 is 6.09 Å². The van der Waals surface area contributed by atoms with Crippen LogP contribution in [0, 0.1) is 6.92 Å². The van der Waals surface area contributed by atoms with Crippen molar-refractivity contribution in [2.75, 3.05) is 13.2 Å². The van der Waals surface area contributed by atoms with E-state index in [1.165, 1.54) is 22.3 Å². The number of nitrogens with zero attached hydrogens (tertiary/aromatic N) is 2. The molecule has 154 valence electrons. The Morgan fingerprint density at radius 1 is 1.13 bits per heavy atom. The summed E-state index contributed by atoms with van der Waals surface area (Å²) in [6.07, 6.45) is 6.58. The maximum absolute atomic E-state index is 12.2. The van der Waals surface area contributed by atoms with E-state index >= 15 is 0 Å². The summed E-state index contributed by atoms with van der Waals surface area (Å²) in [5.41, 5.74) is 6.93. The molecule has 30 heavy (non-hydrogen) atoms. The zero-order valence-corrected chi connectivity index (χ0v) is 17.5. The van der Waals surface area contributed by atoms with Crippen LogP contribution in [0.2, 0.25) is 0 Å². The number of amides is 1. The van der Waals surface area contributed by atoms with Gasteiger partial charge in [-0.3, -0.25) is 4.68 Å². The lowest BCUT2D eigenvalue weighted by atomic mass is 9.98. The van der Waals surface area contributed by atoms with Crippen LogP contribution in [0.5, 0.6) is 0 Å². The maximum Gasteiger partial charge on any atom is 0.407 e. The quantitative estimate of drug-likeness (QED) is 0.595. The van der Waals surface area contributed by atoms with Gasteiger partial charge in [-0.2, -0.15) is 5.10 Å². The number of hydrogen-bond donors (Lipinski definition) is 1. The lowest BCUT2D eigenvalue weighted by Crippen LogP contribution is -2.26. The minimum Gasteiger partial charge on any atom is -0.449 e. The molecule has 0 aliphatic heterocycles. The first-order valence-electron chi connectivity index (χ1n) is 10.5. The van der Waals surface area contributed by atoms with E-state index in [0.29, 0.717) is 13.2 Å². The molecule has 2 aromatic carbocycles. The first-order valence-corrected chi connectivity index (χ1v) is 10.5. The summed E-state index contributed by atoms with van der Waals surface area (Å²) in [5.74, 6) is 0.0748. The first-order chi connectivity index (χ1) is 14.7. The number of hydrogen-bond acceptors (Lipinski definition) is 3. The highest BCUT2D eigenvalue weighted by Crippen LogP contribution is 2.44. The summed E-state index contributed by atoms with van der Waals surface area (Å²) in [4.78, 5) is 12.2. The van der Waals surface area contributed by atoms with Crippen molar-refractivity contribution in [2.24, 2.45) is 0 Å². The molecule has 1 N–H and O–H groups in total. The third-order valence-corrected chi connectivity index (χ3v) is 5.44. The van der Waals surface area contributed by atoms with Gasteiger partial charge < -0.3 is 10.1 Å². The molecule has 5 nitrogen and oxygen atoms in total. The highest BCUT2D eigenvalue weighted by molar-refractivity contribution is 5.79. The van der Waals surface area contributed by atoms with Gasteiger partial charge in [-0.25, -0.2) is 4.79 Å². The fourth-order valence-corrected chi connectivity index (χ4v) is 4.02. The number of benzene rings is 2. The van der Waals surface area contributed by atoms with Crippen molar-refractivity contribution in [3.05, 3.63) is 83.2 Å². The van der Waals surface area contributed by atoms with Gasteiger partial charge in [0.2, 0.25) is 0 Å². The van der Waals surface area contributed by atoms with E-state index in [4.69, 9.17) is 4.74 Å². The van der Waals surface area contributed by atoms with Crippen LogP contribution in [0.3, 0.4) is 0 Å². The third kappa shape index (κ3) is 4.15. The van der Waals surface area contributed by atoms with Gasteiger partial charge >= 0.3 is 6.09 Å². The number of aryl methyl sites for hydroxylation is 2. The van der Waals surface area contributed by atoms with Crippen LogP contribution in [-0.2, 0) is 11.3 Å². The summed E-state index contributed by atoms with van der Waals surface area (Å²) in [6.45, 7) is 5.77. The van der Waals surface area contributed by atoms with E-state index in [0.717, 1.165) is 24.2 Å². The van der Waals surface area contributed by atoms with E-state index in [1.807, 2.05) is 54.2 Å². The first kappa shape index (κ1) is 20.0. The fraction of sp³-hybridized carbons (Fsp3) is 0.280. The van der Waals surface area contributed by atoms with Crippen molar-refractivity contribution in [3.63, 3.8) is 0 Å². The average molecular weight is 402 g/mol. The molecule has 1 aromatic heterocycles. The Balaban J connectivity index is 1.31. The number of aromatic nitrogens is 2. The fourth-order valence-electron chi connectivity index (χ4n) is 4.02. The van der Waals surface area contributed by atoms with Crippen molar-refractivity contribution in [2.45, 2.75) is 32.7 Å². The highest BCUT2D eigenvalue weighted by atomic mass is 16.5. The van der Waals surface area contributed by atoms with Crippen LogP contribution in [0.25, 0.3) is 17.2 Å². The van der Waals surface area contributed by atoms with Gasteiger partial charge in [0.15, 0.2) is 0 Å². The second-order valence-corrected chi connectivity index (χ2v) is 7.54. The number of carbonyl (C=O) groups is 1. The van der Waals surface area contributed by atoms with Gasteiger partial charge in [-0.15, -0.1) is 0 Å². The Hall–Kier alpha value is -3.34. The Morgan fingerprint density at radius 3 is 2.47 bits per heavy atom. The molecule has 1 heterocycles. The Bertz CT molecular complexity index is 1020. The predicted octanol–water partition coefficient (Wildman–Crippen LogP) is 5.15. The van der Waals surface area contributed by atoms with Crippen LogP contribution in [0.15, 0.2) is 60.8 Å². The summed E-state index contributed by atoms with van der Waals surface area (Å²) in [5, 5.41) is 7.28. The summed E-state index contributed by atoms with van der Waals surface area (Å²) in [6, 6.07) is 16.7. The maximum atomic E-state index is 12.2. The number of fused-ring (bicyclic) bond motifs is 3. The molecule has 5 heteroatoms. The minimum absolute atomic E-state index is 0.0748. The summed E-state index contributed by atoms with van der Waals surface area (Å²) in [7, 11) is 0. The van der Waals surface area contributed by atoms with Crippen LogP contribution in [0.1, 0.15) is 41.6 Å². The van der Waals surface area contributed by atoms with E-state index in [-0.39, 0.29) is 5.92 Å². The van der Waals surface area contributed by atoms with E-state index in [9.17, 15) is 4.79 Å². The molecule has 0 saturated heterocycles. The normalized spacial score (nSPS) is 12.7. The van der Waals surface area contributed by atoms with Crippen molar-refractivity contribution in [3.8, 4) is 11.1 Å². The molecule has 1 amide bonds. The molecule has 0 radical (unpaired) electrons. The number of nitrogens with one attached hydrogen (secondary N) is 1. The smallest absolute Gasteiger partial charge is 0.407 e. The van der Waals surface area contributed by atoms with Crippen molar-refractivity contribution < 1.29 is 9.53 Å². The predicted molar refractivity (Wildman–Crippen MR) is 119 cm³/mol. The number of rotatable bonds is 7. The lowest BCUT2D eigenvalue weighted by Gasteiger charge is -2.14. The van der Waals surface area contributed by atoms with Gasteiger partial charge in [-0.1, -0.05) is 67.6 Å². The van der Waals surface area contributed by atoms with Crippen molar-refractivity contribution in [1.82, 2.24) is 15.1 Å². The molecule has 0 spiro atoms. The molecular formula is C25H27N3O2. The second-order valence-electron chi connectivity index (χ2n) is 7.54. The van der Waals surface area contributed by atoms with Gasteiger partial charge in [0, 0.05) is 30.8 Å². The van der Waals surface area contributed by atoms with E-state index in [1.54, 1.807) is 0 Å². The van der Waals surface area contributed by atoms with Crippen LogP contribution in [-0.4, -0.2) is 29.0 Å². The molecule has 0 fully saturated rings. The topological polar surface area (TPSA) is 56.2 Å². The minimum atomic E-state index is -0.403. The standard InChI is InChI=1S/C25H27N3O2/c1-3-15-28-16-19(18(2)27-28)9-8-14-26-25(29)30-17-24-22-12-6-4-10-20(22)21-11-5-7-13-23(21)24/h4-13,16,24H,3,14-15,17H2,1-2H3,(H,26,29). The Kier molecular flexibility index (Phi) is 5.98. The zero-order chi connectivity index (χ0) is 20.9. The average Bonchev–Trinajstić information content (AvgIpc) is 3.27. The van der Waals surface area contributed by atoms with Crippen LogP contribution < -0.4 is 5.32 Å². The summed E-state index contributed by atoms with van der Waals surface area (Å²) < 4.78 is 7.50. The molecule has 0 bridgehead atoms. The zero-order valence-electron chi connectivity index (χ0n) is 17.5. The van der Waals surface area contributed by atoms with Gasteiger partial charge in [0.25, 0.3) is 0 Å². The van der Waals surface area contributed by atoms with Gasteiger partial charge in [0.05, 0.1) is 5.69 Å². The number of ether oxygens (including phenoxy) is 1. The van der Waals surface area contributed by atoms with Crippen molar-refractivity contribution >= 4 is 12.2 Å². The molecule has 0 atom stereocenters. The molecule has 1 aliphatic rings. The molecular weight excluding hydrogens is 374 g/mol. The van der Waals surface area contributed by atoms with Crippen LogP contribution in [0.4, 0.5) is 4.79 Å². The molecule has 4 rings (SSSR count). The van der Waals surface area contributed by atoms with Crippen LogP contribution >= 0.6 is 0 Å². The lowest BCUT2D eigenvalue weighted by molar-refractivity contribution is 0.144. The highest BCUT2D eigenvalue weighted by Gasteiger charge is 2.28. The van der Waals surface area contributed by atoms with Crippen molar-refractivity contribution in [1.29, 1.82) is 0 Å². The Labute approximate surface area is 177 Å². The Morgan fingerprint density at radius 2 is 1.80 bits per heavy atom. The summed E-state index contributed by atoms with van der Waals surface area (Å²) >= 11 is 0. The third-order valence-electron chi connectivity index (χ3n) is 5.44. The largest absolute Gasteiger partial charge is 0.449 e. The SMILES string of the molecule is CCCn1cc(C=CCNC(=O)OCC2c3ccccc3-c3ccccc32)c(C)n1. The second kappa shape index (κ2) is 8.99. The number of carbonyl (C=O) groups excluding carboxylic acids is 1.